The van der Waals surface area contributed by atoms with Crippen LogP contribution in [0.3, 0.4) is 0 Å². The fraction of sp³-hybridized carbons (Fsp3) is 0.556. The summed E-state index contributed by atoms with van der Waals surface area (Å²) in [7, 11) is 0. The van der Waals surface area contributed by atoms with E-state index in [2.05, 4.69) is 44.4 Å². The van der Waals surface area contributed by atoms with Gasteiger partial charge in [-0.25, -0.2) is 0 Å². The highest BCUT2D eigenvalue weighted by Crippen LogP contribution is 2.20. The van der Waals surface area contributed by atoms with Crippen LogP contribution in [-0.2, 0) is 22.7 Å². The summed E-state index contributed by atoms with van der Waals surface area (Å²) in [5.74, 6) is 0.133. The Kier molecular flexibility index (Phi) is 12.1. The third-order valence-electron chi connectivity index (χ3n) is 5.79. The van der Waals surface area contributed by atoms with Gasteiger partial charge >= 0.3 is 0 Å². The average Bonchev–Trinajstić information content (AvgIpc) is 3.20. The molecule has 1 heterocycles. The molecule has 2 rings (SSSR count). The molecule has 1 aromatic carbocycles. The van der Waals surface area contributed by atoms with Gasteiger partial charge < -0.3 is 9.80 Å². The van der Waals surface area contributed by atoms with E-state index in [1.807, 2.05) is 23.1 Å². The highest BCUT2D eigenvalue weighted by molar-refractivity contribution is 7.10. The molecule has 0 aliphatic heterocycles. The third kappa shape index (κ3) is 9.15. The van der Waals surface area contributed by atoms with E-state index < -0.39 is 0 Å². The van der Waals surface area contributed by atoms with Gasteiger partial charge in [0.15, 0.2) is 0 Å². The Labute approximate surface area is 198 Å². The van der Waals surface area contributed by atoms with Crippen LogP contribution in [0.1, 0.15) is 81.2 Å². The molecule has 4 nitrogen and oxygen atoms in total. The zero-order valence-electron chi connectivity index (χ0n) is 20.1. The molecule has 0 atom stereocenters. The molecular formula is C27H40N2O2S. The van der Waals surface area contributed by atoms with Gasteiger partial charge in [0.2, 0.25) is 11.8 Å². The maximum atomic E-state index is 13.4. The SMILES string of the molecule is CCCCCCCCC(=O)N(CCC)CC(=O)N(Cc1ccccc1)Cc1sccc1C. The molecule has 0 saturated carbocycles. The van der Waals surface area contributed by atoms with Crippen LogP contribution in [0.15, 0.2) is 41.8 Å². The molecule has 5 heteroatoms. The quantitative estimate of drug-likeness (QED) is 0.284. The number of rotatable bonds is 15. The Bertz CT molecular complexity index is 803. The Morgan fingerprint density at radius 3 is 2.19 bits per heavy atom. The third-order valence-corrected chi connectivity index (χ3v) is 6.80. The molecule has 1 aromatic heterocycles. The smallest absolute Gasteiger partial charge is 0.242 e. The zero-order chi connectivity index (χ0) is 23.2. The van der Waals surface area contributed by atoms with Crippen molar-refractivity contribution in [2.75, 3.05) is 13.1 Å². The molecule has 2 aromatic rings. The van der Waals surface area contributed by atoms with E-state index in [0.29, 0.717) is 26.1 Å². The number of nitrogens with zero attached hydrogens (tertiary/aromatic N) is 2. The van der Waals surface area contributed by atoms with Crippen molar-refractivity contribution in [3.05, 3.63) is 57.8 Å². The number of unbranched alkanes of at least 4 members (excludes halogenated alkanes) is 5. The van der Waals surface area contributed by atoms with Crippen molar-refractivity contribution in [1.82, 2.24) is 9.80 Å². The van der Waals surface area contributed by atoms with Gasteiger partial charge in [0.05, 0.1) is 13.1 Å². The monoisotopic (exact) mass is 456 g/mol. The van der Waals surface area contributed by atoms with E-state index in [1.54, 1.807) is 16.2 Å². The summed E-state index contributed by atoms with van der Waals surface area (Å²) in [5.41, 5.74) is 2.32. The Balaban J connectivity index is 2.00. The summed E-state index contributed by atoms with van der Waals surface area (Å²) in [5, 5.41) is 2.07. The lowest BCUT2D eigenvalue weighted by Crippen LogP contribution is -2.42. The first-order valence-electron chi connectivity index (χ1n) is 12.2. The minimum absolute atomic E-state index is 0.0198. The molecule has 2 amide bonds. The number of carbonyl (C=O) groups is 2. The van der Waals surface area contributed by atoms with Crippen LogP contribution in [0.25, 0.3) is 0 Å². The molecule has 0 N–H and O–H groups in total. The molecule has 0 radical (unpaired) electrons. The van der Waals surface area contributed by atoms with Crippen molar-refractivity contribution < 1.29 is 9.59 Å². The molecule has 176 valence electrons. The fourth-order valence-corrected chi connectivity index (χ4v) is 4.74. The fourth-order valence-electron chi connectivity index (χ4n) is 3.82. The number of carbonyl (C=O) groups excluding carboxylic acids is 2. The van der Waals surface area contributed by atoms with Crippen molar-refractivity contribution in [3.63, 3.8) is 0 Å². The van der Waals surface area contributed by atoms with Gasteiger partial charge in [0, 0.05) is 24.4 Å². The molecule has 0 unspecified atom stereocenters. The molecule has 0 aliphatic rings. The molecule has 0 fully saturated rings. The van der Waals surface area contributed by atoms with Crippen LogP contribution >= 0.6 is 11.3 Å². The molecular weight excluding hydrogens is 416 g/mol. The topological polar surface area (TPSA) is 40.6 Å². The van der Waals surface area contributed by atoms with E-state index in [9.17, 15) is 9.59 Å². The molecule has 0 bridgehead atoms. The van der Waals surface area contributed by atoms with Crippen LogP contribution in [0.4, 0.5) is 0 Å². The largest absolute Gasteiger partial charge is 0.333 e. The first kappa shape index (κ1) is 26.1. The van der Waals surface area contributed by atoms with E-state index >= 15 is 0 Å². The first-order chi connectivity index (χ1) is 15.5. The molecule has 0 saturated heterocycles. The highest BCUT2D eigenvalue weighted by atomic mass is 32.1. The highest BCUT2D eigenvalue weighted by Gasteiger charge is 2.22. The average molecular weight is 457 g/mol. The van der Waals surface area contributed by atoms with Crippen molar-refractivity contribution in [2.45, 2.75) is 85.2 Å². The molecule has 32 heavy (non-hydrogen) atoms. The van der Waals surface area contributed by atoms with Gasteiger partial charge in [-0.1, -0.05) is 76.3 Å². The zero-order valence-corrected chi connectivity index (χ0v) is 21.0. The molecule has 0 spiro atoms. The minimum Gasteiger partial charge on any atom is -0.333 e. The summed E-state index contributed by atoms with van der Waals surface area (Å²) >= 11 is 1.69. The van der Waals surface area contributed by atoms with E-state index in [0.717, 1.165) is 24.8 Å². The van der Waals surface area contributed by atoms with E-state index in [4.69, 9.17) is 0 Å². The van der Waals surface area contributed by atoms with Crippen LogP contribution in [0.2, 0.25) is 0 Å². The lowest BCUT2D eigenvalue weighted by Gasteiger charge is -2.28. The maximum absolute atomic E-state index is 13.4. The van der Waals surface area contributed by atoms with Gasteiger partial charge in [-0.05, 0) is 42.3 Å². The number of hydrogen-bond acceptors (Lipinski definition) is 3. The van der Waals surface area contributed by atoms with Crippen LogP contribution in [-0.4, -0.2) is 34.7 Å². The second kappa shape index (κ2) is 14.8. The van der Waals surface area contributed by atoms with Gasteiger partial charge in [0.1, 0.15) is 0 Å². The van der Waals surface area contributed by atoms with Crippen molar-refractivity contribution in [3.8, 4) is 0 Å². The number of amides is 2. The maximum Gasteiger partial charge on any atom is 0.242 e. The predicted octanol–water partition coefficient (Wildman–Crippen LogP) is 6.57. The van der Waals surface area contributed by atoms with Gasteiger partial charge in [-0.15, -0.1) is 11.3 Å². The van der Waals surface area contributed by atoms with E-state index in [1.165, 1.54) is 36.1 Å². The summed E-state index contributed by atoms with van der Waals surface area (Å²) in [4.78, 5) is 31.1. The predicted molar refractivity (Wildman–Crippen MR) is 135 cm³/mol. The molecule has 0 aliphatic carbocycles. The minimum atomic E-state index is 0.0198. The second-order valence-corrected chi connectivity index (χ2v) is 9.60. The van der Waals surface area contributed by atoms with Crippen molar-refractivity contribution in [2.24, 2.45) is 0 Å². The number of benzene rings is 1. The number of hydrogen-bond donors (Lipinski definition) is 0. The Hall–Kier alpha value is -2.14. The number of aryl methyl sites for hydroxylation is 1. The lowest BCUT2D eigenvalue weighted by molar-refractivity contribution is -0.141. The van der Waals surface area contributed by atoms with Crippen LogP contribution in [0, 0.1) is 6.92 Å². The van der Waals surface area contributed by atoms with Crippen LogP contribution < -0.4 is 0 Å². The van der Waals surface area contributed by atoms with Gasteiger partial charge in [-0.2, -0.15) is 0 Å². The first-order valence-corrected chi connectivity index (χ1v) is 13.1. The van der Waals surface area contributed by atoms with Crippen molar-refractivity contribution in [1.29, 1.82) is 0 Å². The summed E-state index contributed by atoms with van der Waals surface area (Å²) in [6, 6.07) is 12.2. The van der Waals surface area contributed by atoms with Gasteiger partial charge in [-0.3, -0.25) is 9.59 Å². The standard InChI is InChI=1S/C27H40N2O2S/c1-4-6-7-8-9-13-16-26(30)28(18-5-2)22-27(31)29(20-24-14-11-10-12-15-24)21-25-23(3)17-19-32-25/h10-12,14-15,17,19H,4-9,13,16,18,20-22H2,1-3H3. The summed E-state index contributed by atoms with van der Waals surface area (Å²) in [6.07, 6.45) is 8.36. The van der Waals surface area contributed by atoms with Gasteiger partial charge in [0.25, 0.3) is 0 Å². The Morgan fingerprint density at radius 2 is 1.53 bits per heavy atom. The lowest BCUT2D eigenvalue weighted by atomic mass is 10.1. The van der Waals surface area contributed by atoms with Crippen LogP contribution in [0.5, 0.6) is 0 Å². The normalized spacial score (nSPS) is 10.8. The van der Waals surface area contributed by atoms with Crippen molar-refractivity contribution >= 4 is 23.2 Å². The number of thiophene rings is 1. The van der Waals surface area contributed by atoms with E-state index in [-0.39, 0.29) is 18.4 Å². The Morgan fingerprint density at radius 1 is 0.812 bits per heavy atom. The summed E-state index contributed by atoms with van der Waals surface area (Å²) < 4.78 is 0. The summed E-state index contributed by atoms with van der Waals surface area (Å²) in [6.45, 7) is 8.31. The second-order valence-electron chi connectivity index (χ2n) is 8.60.